The molecule has 0 radical (unpaired) electrons. The van der Waals surface area contributed by atoms with E-state index in [1.807, 2.05) is 18.2 Å². The van der Waals surface area contributed by atoms with Gasteiger partial charge in [-0.3, -0.25) is 0 Å². The molecule has 0 aliphatic rings. The second-order valence-corrected chi connectivity index (χ2v) is 15.8. The number of aromatic nitrogens is 3. The number of hydrogen-bond acceptors (Lipinski definition) is 2. The van der Waals surface area contributed by atoms with Crippen LogP contribution in [0.1, 0.15) is 0 Å². The molecule has 0 saturated heterocycles. The lowest BCUT2D eigenvalue weighted by molar-refractivity contribution is 1.18. The molecule has 0 amide bonds. The predicted molar refractivity (Wildman–Crippen MR) is 256 cm³/mol. The van der Waals surface area contributed by atoms with E-state index < -0.39 is 0 Å². The van der Waals surface area contributed by atoms with Crippen molar-refractivity contribution in [3.63, 3.8) is 0 Å². The van der Waals surface area contributed by atoms with E-state index in [2.05, 4.69) is 211 Å². The number of nitrogens with zero attached hydrogens (tertiary/aromatic N) is 3. The smallest absolute Gasteiger partial charge is 0.160 e. The van der Waals surface area contributed by atoms with Crippen LogP contribution in [-0.4, -0.2) is 14.5 Å². The minimum absolute atomic E-state index is 0.698. The molecule has 12 aromatic rings. The molecule has 0 aliphatic carbocycles. The molecule has 0 atom stereocenters. The summed E-state index contributed by atoms with van der Waals surface area (Å²) in [5, 5.41) is 9.96. The van der Waals surface area contributed by atoms with Crippen LogP contribution in [0.2, 0.25) is 0 Å². The van der Waals surface area contributed by atoms with E-state index in [0.717, 1.165) is 50.5 Å². The topological polar surface area (TPSA) is 30.7 Å². The molecular weight excluding hydrogens is 739 g/mol. The molecule has 61 heavy (non-hydrogen) atoms. The monoisotopic (exact) mass is 775 g/mol. The second kappa shape index (κ2) is 14.3. The molecule has 0 saturated carbocycles. The Hall–Kier alpha value is -8.14. The Kier molecular flexibility index (Phi) is 8.17. The van der Waals surface area contributed by atoms with Crippen molar-refractivity contribution in [3.05, 3.63) is 224 Å². The quantitative estimate of drug-likeness (QED) is 0.124. The fraction of sp³-hybridized carbons (Fsp3) is 0. The number of fused-ring (bicyclic) bond motifs is 7. The van der Waals surface area contributed by atoms with Crippen LogP contribution < -0.4 is 0 Å². The van der Waals surface area contributed by atoms with E-state index in [1.54, 1.807) is 0 Å². The Morgan fingerprint density at radius 1 is 0.279 bits per heavy atom. The molecule has 0 aliphatic heterocycles. The number of rotatable bonds is 6. The van der Waals surface area contributed by atoms with Crippen molar-refractivity contribution in [1.29, 1.82) is 0 Å². The van der Waals surface area contributed by atoms with Gasteiger partial charge in [0.25, 0.3) is 0 Å². The summed E-state index contributed by atoms with van der Waals surface area (Å²) >= 11 is 0. The molecular formula is C58H37N3. The summed E-state index contributed by atoms with van der Waals surface area (Å²) in [7, 11) is 0. The largest absolute Gasteiger partial charge is 0.309 e. The average molecular weight is 776 g/mol. The Bertz CT molecular complexity index is 3620. The van der Waals surface area contributed by atoms with Crippen molar-refractivity contribution in [2.45, 2.75) is 0 Å². The van der Waals surface area contributed by atoms with E-state index in [-0.39, 0.29) is 0 Å². The van der Waals surface area contributed by atoms with E-state index in [9.17, 15) is 0 Å². The molecule has 12 rings (SSSR count). The molecule has 0 spiro atoms. The van der Waals surface area contributed by atoms with E-state index in [1.165, 1.54) is 59.7 Å². The van der Waals surface area contributed by atoms with Gasteiger partial charge in [0, 0.05) is 33.2 Å². The van der Waals surface area contributed by atoms with Gasteiger partial charge in [0.2, 0.25) is 0 Å². The molecule has 284 valence electrons. The van der Waals surface area contributed by atoms with Crippen molar-refractivity contribution >= 4 is 54.1 Å². The number of para-hydroxylation sites is 2. The molecule has 2 aromatic heterocycles. The van der Waals surface area contributed by atoms with Gasteiger partial charge in [-0.2, -0.15) is 0 Å². The molecule has 0 bridgehead atoms. The first-order valence-corrected chi connectivity index (χ1v) is 20.8. The minimum Gasteiger partial charge on any atom is -0.309 e. The Morgan fingerprint density at radius 2 is 0.869 bits per heavy atom. The molecule has 2 heterocycles. The highest BCUT2D eigenvalue weighted by atomic mass is 15.0. The van der Waals surface area contributed by atoms with Gasteiger partial charge < -0.3 is 4.57 Å². The highest BCUT2D eigenvalue weighted by Crippen LogP contribution is 2.41. The van der Waals surface area contributed by atoms with Gasteiger partial charge >= 0.3 is 0 Å². The van der Waals surface area contributed by atoms with Gasteiger partial charge in [0.1, 0.15) is 0 Å². The maximum Gasteiger partial charge on any atom is 0.160 e. The third-order valence-electron chi connectivity index (χ3n) is 12.2. The van der Waals surface area contributed by atoms with Gasteiger partial charge in [-0.25, -0.2) is 9.97 Å². The molecule has 3 nitrogen and oxygen atoms in total. The van der Waals surface area contributed by atoms with E-state index >= 15 is 0 Å². The fourth-order valence-corrected chi connectivity index (χ4v) is 9.26. The van der Waals surface area contributed by atoms with Crippen LogP contribution >= 0.6 is 0 Å². The first kappa shape index (κ1) is 34.9. The van der Waals surface area contributed by atoms with Gasteiger partial charge in [-0.15, -0.1) is 0 Å². The van der Waals surface area contributed by atoms with Crippen LogP contribution in [0.5, 0.6) is 0 Å². The zero-order valence-electron chi connectivity index (χ0n) is 33.2. The zero-order valence-corrected chi connectivity index (χ0v) is 33.2. The number of benzene rings is 10. The third kappa shape index (κ3) is 5.98. The Balaban J connectivity index is 0.974. The Labute approximate surface area is 353 Å². The molecule has 0 fully saturated rings. The summed E-state index contributed by atoms with van der Waals surface area (Å²) in [6.45, 7) is 0. The standard InChI is InChI=1S/C58H37N3/c1-3-15-41(16-4-1)58-59-53(40-28-26-38(27-29-40)42-31-32-50-49-24-11-12-25-55(49)61(56(50)36-42)46-20-5-2-6-21-46)37-54(60-58)44-18-13-19-45(34-44)57-48-23-10-8-17-43(48)35-52-47-22-9-7-14-39(47)30-33-51(52)57/h1-37H. The maximum atomic E-state index is 5.23. The van der Waals surface area contributed by atoms with E-state index in [4.69, 9.17) is 9.97 Å². The van der Waals surface area contributed by atoms with Gasteiger partial charge in [-0.1, -0.05) is 182 Å². The maximum absolute atomic E-state index is 5.23. The lowest BCUT2D eigenvalue weighted by Crippen LogP contribution is -1.96. The van der Waals surface area contributed by atoms with Crippen LogP contribution in [0, 0.1) is 0 Å². The van der Waals surface area contributed by atoms with Crippen molar-refractivity contribution in [2.75, 3.05) is 0 Å². The first-order chi connectivity index (χ1) is 30.2. The van der Waals surface area contributed by atoms with Crippen molar-refractivity contribution in [2.24, 2.45) is 0 Å². The molecule has 0 unspecified atom stereocenters. The van der Waals surface area contributed by atoms with Crippen LogP contribution in [0.15, 0.2) is 224 Å². The van der Waals surface area contributed by atoms with Gasteiger partial charge in [0.15, 0.2) is 5.82 Å². The fourth-order valence-electron chi connectivity index (χ4n) is 9.26. The first-order valence-electron chi connectivity index (χ1n) is 20.8. The number of hydrogen-bond donors (Lipinski definition) is 0. The average Bonchev–Trinajstić information content (AvgIpc) is 3.67. The normalized spacial score (nSPS) is 11.6. The van der Waals surface area contributed by atoms with Crippen LogP contribution in [0.4, 0.5) is 0 Å². The van der Waals surface area contributed by atoms with Crippen LogP contribution in [0.3, 0.4) is 0 Å². The zero-order chi connectivity index (χ0) is 40.3. The van der Waals surface area contributed by atoms with Crippen molar-refractivity contribution in [1.82, 2.24) is 14.5 Å². The van der Waals surface area contributed by atoms with Crippen LogP contribution in [-0.2, 0) is 0 Å². The second-order valence-electron chi connectivity index (χ2n) is 15.8. The van der Waals surface area contributed by atoms with E-state index in [0.29, 0.717) is 5.82 Å². The lowest BCUT2D eigenvalue weighted by atomic mass is 9.89. The molecule has 10 aromatic carbocycles. The Morgan fingerprint density at radius 3 is 1.69 bits per heavy atom. The molecule has 3 heteroatoms. The summed E-state index contributed by atoms with van der Waals surface area (Å²) in [4.78, 5) is 10.4. The van der Waals surface area contributed by atoms with Gasteiger partial charge in [0.05, 0.1) is 22.4 Å². The summed E-state index contributed by atoms with van der Waals surface area (Å²) in [5.41, 5.74) is 13.1. The lowest BCUT2D eigenvalue weighted by Gasteiger charge is -2.15. The predicted octanol–water partition coefficient (Wildman–Crippen LogP) is 15.4. The minimum atomic E-state index is 0.698. The molecule has 0 N–H and O–H groups in total. The summed E-state index contributed by atoms with van der Waals surface area (Å²) in [6.07, 6.45) is 0. The van der Waals surface area contributed by atoms with Crippen LogP contribution in [0.25, 0.3) is 116 Å². The summed E-state index contributed by atoms with van der Waals surface area (Å²) in [5.74, 6) is 0.698. The highest BCUT2D eigenvalue weighted by Gasteiger charge is 2.17. The SMILES string of the molecule is c1ccc(-c2nc(-c3ccc(-c4ccc5c6ccccc6n(-c6ccccc6)c5c4)cc3)cc(-c3cccc(-c4c5ccccc5cc5c4ccc4ccccc45)c3)n2)cc1. The summed E-state index contributed by atoms with van der Waals surface area (Å²) in [6, 6.07) is 80.5. The summed E-state index contributed by atoms with van der Waals surface area (Å²) < 4.78 is 2.37. The van der Waals surface area contributed by atoms with Gasteiger partial charge in [-0.05, 0) is 97.0 Å². The third-order valence-corrected chi connectivity index (χ3v) is 12.2. The highest BCUT2D eigenvalue weighted by molar-refractivity contribution is 6.20. The van der Waals surface area contributed by atoms with Crippen molar-refractivity contribution in [3.8, 4) is 61.8 Å². The van der Waals surface area contributed by atoms with Crippen molar-refractivity contribution < 1.29 is 0 Å².